The number of hydrogen-bond donors (Lipinski definition) is 1. The molecule has 5 aromatic rings. The van der Waals surface area contributed by atoms with Crippen LogP contribution in [0.5, 0.6) is 11.5 Å². The molecule has 0 saturated carbocycles. The number of amides is 1. The molecule has 1 amide bonds. The number of aromatic nitrogens is 5. The third-order valence-corrected chi connectivity index (χ3v) is 6.19. The number of nitrogens with zero attached hydrogens (tertiary/aromatic N) is 6. The first-order valence-corrected chi connectivity index (χ1v) is 11.3. The molecule has 0 bridgehead atoms. The zero-order valence-corrected chi connectivity index (χ0v) is 19.3. The van der Waals surface area contributed by atoms with Gasteiger partial charge in [-0.15, -0.1) is 0 Å². The summed E-state index contributed by atoms with van der Waals surface area (Å²) in [5.41, 5.74) is 3.17. The maximum atomic E-state index is 15.4. The van der Waals surface area contributed by atoms with Gasteiger partial charge in [0.15, 0.2) is 11.5 Å². The Morgan fingerprint density at radius 2 is 1.97 bits per heavy atom. The van der Waals surface area contributed by atoms with Crippen LogP contribution >= 0.6 is 0 Å². The van der Waals surface area contributed by atoms with Crippen LogP contribution in [0.15, 0.2) is 73.5 Å². The standard InChI is InChI=1S/C26H20FN7O2/c1-15-7-9-33(26(15)35)17-3-4-20-19(11-17)25(30-13-28-20)32-21-5-6-22(16(2)24(21)27)36-18-8-10-34-23(12-18)29-14-31-34/h3-6,8,10-14H,1,7,9H2,2H3,(H,28,30,32). The maximum absolute atomic E-state index is 15.4. The molecule has 0 radical (unpaired) electrons. The largest absolute Gasteiger partial charge is 0.457 e. The summed E-state index contributed by atoms with van der Waals surface area (Å²) in [6, 6.07) is 12.2. The minimum absolute atomic E-state index is 0.0962. The lowest BCUT2D eigenvalue weighted by atomic mass is 10.1. The molecule has 0 unspecified atom stereocenters. The first kappa shape index (κ1) is 21.7. The molecule has 1 saturated heterocycles. The second-order valence-corrected chi connectivity index (χ2v) is 8.44. The molecule has 1 fully saturated rings. The van der Waals surface area contributed by atoms with E-state index in [0.29, 0.717) is 63.7 Å². The zero-order valence-electron chi connectivity index (χ0n) is 19.3. The van der Waals surface area contributed by atoms with Crippen LogP contribution in [0.4, 0.5) is 21.6 Å². The Morgan fingerprint density at radius 1 is 1.08 bits per heavy atom. The van der Waals surface area contributed by atoms with Crippen molar-refractivity contribution in [2.24, 2.45) is 0 Å². The fourth-order valence-corrected chi connectivity index (χ4v) is 4.19. The van der Waals surface area contributed by atoms with Crippen LogP contribution in [-0.2, 0) is 4.79 Å². The third-order valence-electron chi connectivity index (χ3n) is 6.19. The highest BCUT2D eigenvalue weighted by atomic mass is 19.1. The number of ether oxygens (including phenoxy) is 1. The summed E-state index contributed by atoms with van der Waals surface area (Å²) in [5, 5.41) is 7.80. The van der Waals surface area contributed by atoms with Crippen molar-refractivity contribution in [3.63, 3.8) is 0 Å². The minimum Gasteiger partial charge on any atom is -0.457 e. The van der Waals surface area contributed by atoms with Crippen molar-refractivity contribution in [3.05, 3.63) is 84.8 Å². The molecule has 2 aromatic carbocycles. The van der Waals surface area contributed by atoms with E-state index in [-0.39, 0.29) is 11.6 Å². The lowest BCUT2D eigenvalue weighted by molar-refractivity contribution is -0.114. The van der Waals surface area contributed by atoms with Crippen molar-refractivity contribution in [1.82, 2.24) is 24.6 Å². The molecule has 0 aliphatic carbocycles. The summed E-state index contributed by atoms with van der Waals surface area (Å²) < 4.78 is 22.9. The van der Waals surface area contributed by atoms with Crippen LogP contribution < -0.4 is 15.0 Å². The first-order chi connectivity index (χ1) is 17.5. The second kappa shape index (κ2) is 8.42. The molecular weight excluding hydrogens is 461 g/mol. The van der Waals surface area contributed by atoms with Gasteiger partial charge in [-0.2, -0.15) is 5.10 Å². The number of carbonyl (C=O) groups is 1. The summed E-state index contributed by atoms with van der Waals surface area (Å²) in [5.74, 6) is 0.763. The molecule has 1 aliphatic heterocycles. The molecule has 9 nitrogen and oxygen atoms in total. The number of rotatable bonds is 5. The van der Waals surface area contributed by atoms with Crippen molar-refractivity contribution in [3.8, 4) is 11.5 Å². The van der Waals surface area contributed by atoms with E-state index >= 15 is 4.39 Å². The number of hydrogen-bond acceptors (Lipinski definition) is 7. The fraction of sp³-hybridized carbons (Fsp3) is 0.115. The van der Waals surface area contributed by atoms with E-state index in [1.54, 1.807) is 46.8 Å². The van der Waals surface area contributed by atoms with E-state index in [0.717, 1.165) is 0 Å². The van der Waals surface area contributed by atoms with Gasteiger partial charge in [-0.25, -0.2) is 23.9 Å². The number of halogens is 1. The highest BCUT2D eigenvalue weighted by Crippen LogP contribution is 2.34. The van der Waals surface area contributed by atoms with Gasteiger partial charge in [0.05, 0.1) is 11.2 Å². The molecule has 3 aromatic heterocycles. The quantitative estimate of drug-likeness (QED) is 0.355. The average Bonchev–Trinajstić information content (AvgIpc) is 3.49. The third kappa shape index (κ3) is 3.68. The lowest BCUT2D eigenvalue weighted by Crippen LogP contribution is -2.24. The molecular formula is C26H20FN7O2. The molecule has 6 rings (SSSR count). The van der Waals surface area contributed by atoms with E-state index in [4.69, 9.17) is 4.74 Å². The highest BCUT2D eigenvalue weighted by molar-refractivity contribution is 6.08. The van der Waals surface area contributed by atoms with Gasteiger partial charge in [-0.3, -0.25) is 4.79 Å². The average molecular weight is 481 g/mol. The van der Waals surface area contributed by atoms with Gasteiger partial charge in [0, 0.05) is 41.0 Å². The lowest BCUT2D eigenvalue weighted by Gasteiger charge is -2.17. The smallest absolute Gasteiger partial charge is 0.253 e. The summed E-state index contributed by atoms with van der Waals surface area (Å²) in [6.07, 6.45) is 5.21. The summed E-state index contributed by atoms with van der Waals surface area (Å²) in [6.45, 7) is 6.04. The van der Waals surface area contributed by atoms with Gasteiger partial charge in [-0.05, 0) is 49.7 Å². The SMILES string of the molecule is C=C1CCN(c2ccc3ncnc(Nc4ccc(Oc5ccn6ncnc6c5)c(C)c4F)c3c2)C1=O. The molecule has 178 valence electrons. The Balaban J connectivity index is 1.31. The van der Waals surface area contributed by atoms with Crippen LogP contribution in [-0.4, -0.2) is 37.0 Å². The summed E-state index contributed by atoms with van der Waals surface area (Å²) in [7, 11) is 0. The number of carbonyl (C=O) groups excluding carboxylic acids is 1. The molecule has 0 spiro atoms. The van der Waals surface area contributed by atoms with Crippen molar-refractivity contribution >= 4 is 39.6 Å². The Bertz CT molecular complexity index is 1680. The van der Waals surface area contributed by atoms with Gasteiger partial charge >= 0.3 is 0 Å². The minimum atomic E-state index is -0.468. The van der Waals surface area contributed by atoms with Crippen molar-refractivity contribution < 1.29 is 13.9 Å². The predicted octanol–water partition coefficient (Wildman–Crippen LogP) is 4.95. The topological polar surface area (TPSA) is 97.5 Å². The van der Waals surface area contributed by atoms with E-state index in [9.17, 15) is 4.79 Å². The number of benzene rings is 2. The molecule has 1 aliphatic rings. The molecule has 0 atom stereocenters. The van der Waals surface area contributed by atoms with Crippen LogP contribution in [0.25, 0.3) is 16.6 Å². The first-order valence-electron chi connectivity index (χ1n) is 11.3. The van der Waals surface area contributed by atoms with E-state index in [1.807, 2.05) is 18.2 Å². The monoisotopic (exact) mass is 481 g/mol. The van der Waals surface area contributed by atoms with Crippen LogP contribution in [0.2, 0.25) is 0 Å². The zero-order chi connectivity index (χ0) is 24.8. The van der Waals surface area contributed by atoms with Gasteiger partial charge < -0.3 is 15.0 Å². The van der Waals surface area contributed by atoms with Gasteiger partial charge in [0.25, 0.3) is 5.91 Å². The number of anilines is 3. The van der Waals surface area contributed by atoms with Crippen molar-refractivity contribution in [1.29, 1.82) is 0 Å². The molecule has 4 heterocycles. The number of fused-ring (bicyclic) bond motifs is 2. The molecule has 36 heavy (non-hydrogen) atoms. The Labute approximate surface area is 204 Å². The van der Waals surface area contributed by atoms with E-state index in [1.165, 1.54) is 12.7 Å². The predicted molar refractivity (Wildman–Crippen MR) is 133 cm³/mol. The van der Waals surface area contributed by atoms with Gasteiger partial charge in [0.2, 0.25) is 0 Å². The Kier molecular flexibility index (Phi) is 5.06. The van der Waals surface area contributed by atoms with E-state index in [2.05, 4.69) is 31.9 Å². The molecule has 10 heteroatoms. The van der Waals surface area contributed by atoms with Crippen molar-refractivity contribution in [2.75, 3.05) is 16.8 Å². The van der Waals surface area contributed by atoms with Crippen LogP contribution in [0.3, 0.4) is 0 Å². The highest BCUT2D eigenvalue weighted by Gasteiger charge is 2.26. The van der Waals surface area contributed by atoms with Gasteiger partial charge in [-0.1, -0.05) is 6.58 Å². The normalized spacial score (nSPS) is 13.7. The maximum Gasteiger partial charge on any atom is 0.253 e. The number of nitrogens with one attached hydrogen (secondary N) is 1. The van der Waals surface area contributed by atoms with Gasteiger partial charge in [0.1, 0.15) is 30.0 Å². The summed E-state index contributed by atoms with van der Waals surface area (Å²) >= 11 is 0. The van der Waals surface area contributed by atoms with Crippen LogP contribution in [0, 0.1) is 12.7 Å². The second-order valence-electron chi connectivity index (χ2n) is 8.44. The Hall–Kier alpha value is -4.86. The number of pyridine rings is 1. The summed E-state index contributed by atoms with van der Waals surface area (Å²) in [4.78, 5) is 26.9. The fourth-order valence-electron chi connectivity index (χ4n) is 4.19. The molecule has 1 N–H and O–H groups in total. The van der Waals surface area contributed by atoms with Crippen LogP contribution in [0.1, 0.15) is 12.0 Å². The Morgan fingerprint density at radius 3 is 2.81 bits per heavy atom. The van der Waals surface area contributed by atoms with E-state index < -0.39 is 5.82 Å². The van der Waals surface area contributed by atoms with Crippen molar-refractivity contribution in [2.45, 2.75) is 13.3 Å².